The molecule has 0 spiro atoms. The topological polar surface area (TPSA) is 71.8 Å². The molecule has 112 valence electrons. The Morgan fingerprint density at radius 3 is 2.81 bits per heavy atom. The first kappa shape index (κ1) is 14.2. The molecule has 0 atom stereocenters. The van der Waals surface area contributed by atoms with Crippen molar-refractivity contribution in [2.75, 3.05) is 31.5 Å². The molecule has 1 fully saturated rings. The summed E-state index contributed by atoms with van der Waals surface area (Å²) in [5.74, 6) is 0.967. The molecule has 0 aliphatic carbocycles. The van der Waals surface area contributed by atoms with Gasteiger partial charge < -0.3 is 10.2 Å². The van der Waals surface area contributed by atoms with Crippen LogP contribution in [-0.2, 0) is 0 Å². The molecule has 1 aliphatic rings. The maximum absolute atomic E-state index is 5.94. The molecule has 1 N–H and O–H groups in total. The first-order valence-electron chi connectivity index (χ1n) is 7.17. The molecule has 2 aromatic rings. The van der Waals surface area contributed by atoms with Crippen LogP contribution >= 0.6 is 11.6 Å². The van der Waals surface area contributed by atoms with Crippen LogP contribution in [0.3, 0.4) is 0 Å². The molecule has 0 amide bonds. The highest BCUT2D eigenvalue weighted by Crippen LogP contribution is 2.10. The quantitative estimate of drug-likeness (QED) is 0.818. The number of hydrogen-bond donors (Lipinski definition) is 1. The zero-order chi connectivity index (χ0) is 14.5. The van der Waals surface area contributed by atoms with E-state index in [-0.39, 0.29) is 5.28 Å². The van der Waals surface area contributed by atoms with Gasteiger partial charge in [0.05, 0.1) is 0 Å². The first-order valence-corrected chi connectivity index (χ1v) is 7.55. The maximum Gasteiger partial charge on any atom is 0.241 e. The zero-order valence-corrected chi connectivity index (χ0v) is 12.5. The summed E-state index contributed by atoms with van der Waals surface area (Å²) < 4.78 is 1.70. The SMILES string of the molecule is Clc1nc(NCCCN2CCCC2)nc(-n2ccnc2)n1. The Morgan fingerprint density at radius 2 is 2.05 bits per heavy atom. The van der Waals surface area contributed by atoms with Crippen molar-refractivity contribution in [1.82, 2.24) is 29.4 Å². The van der Waals surface area contributed by atoms with E-state index in [0.717, 1.165) is 19.5 Å². The molecular weight excluding hydrogens is 290 g/mol. The maximum atomic E-state index is 5.94. The lowest BCUT2D eigenvalue weighted by Crippen LogP contribution is -2.22. The van der Waals surface area contributed by atoms with Crippen LogP contribution in [0.15, 0.2) is 18.7 Å². The van der Waals surface area contributed by atoms with E-state index in [4.69, 9.17) is 11.6 Å². The minimum absolute atomic E-state index is 0.177. The third-order valence-corrected chi connectivity index (χ3v) is 3.63. The lowest BCUT2D eigenvalue weighted by atomic mass is 10.4. The van der Waals surface area contributed by atoms with E-state index >= 15 is 0 Å². The number of rotatable bonds is 6. The molecule has 2 aromatic heterocycles. The van der Waals surface area contributed by atoms with E-state index in [1.165, 1.54) is 25.9 Å². The van der Waals surface area contributed by atoms with Gasteiger partial charge in [0.25, 0.3) is 0 Å². The third kappa shape index (κ3) is 3.89. The number of likely N-dealkylation sites (tertiary alicyclic amines) is 1. The van der Waals surface area contributed by atoms with Crippen molar-refractivity contribution in [3.8, 4) is 5.95 Å². The van der Waals surface area contributed by atoms with Gasteiger partial charge in [-0.15, -0.1) is 0 Å². The Hall–Kier alpha value is -1.73. The monoisotopic (exact) mass is 307 g/mol. The highest BCUT2D eigenvalue weighted by molar-refractivity contribution is 6.28. The van der Waals surface area contributed by atoms with Gasteiger partial charge in [0.15, 0.2) is 0 Å². The van der Waals surface area contributed by atoms with Gasteiger partial charge in [0.1, 0.15) is 6.33 Å². The van der Waals surface area contributed by atoms with Crippen molar-refractivity contribution in [2.24, 2.45) is 0 Å². The minimum atomic E-state index is 0.177. The standard InChI is InChI=1S/C13H18ClN7/c14-11-17-12(16-4-3-8-20-6-1-2-7-20)19-13(18-11)21-9-5-15-10-21/h5,9-10H,1-4,6-8H2,(H,16,17,18,19). The van der Waals surface area contributed by atoms with Crippen LogP contribution in [0.25, 0.3) is 5.95 Å². The van der Waals surface area contributed by atoms with E-state index in [1.54, 1.807) is 23.3 Å². The molecule has 1 aliphatic heterocycles. The van der Waals surface area contributed by atoms with Crippen LogP contribution in [0.2, 0.25) is 5.28 Å². The minimum Gasteiger partial charge on any atom is -0.354 e. The number of nitrogens with zero attached hydrogens (tertiary/aromatic N) is 6. The molecule has 0 unspecified atom stereocenters. The molecular formula is C13H18ClN7. The van der Waals surface area contributed by atoms with Crippen molar-refractivity contribution >= 4 is 17.5 Å². The van der Waals surface area contributed by atoms with Crippen molar-refractivity contribution < 1.29 is 0 Å². The van der Waals surface area contributed by atoms with E-state index in [1.807, 2.05) is 0 Å². The number of aromatic nitrogens is 5. The van der Waals surface area contributed by atoms with Gasteiger partial charge in [-0.2, -0.15) is 15.0 Å². The van der Waals surface area contributed by atoms with Crippen LogP contribution in [0.4, 0.5) is 5.95 Å². The Kier molecular flexibility index (Phi) is 4.62. The Bertz CT molecular complexity index is 566. The molecule has 8 heteroatoms. The highest BCUT2D eigenvalue weighted by Gasteiger charge is 2.10. The van der Waals surface area contributed by atoms with Crippen LogP contribution in [0.5, 0.6) is 0 Å². The van der Waals surface area contributed by atoms with Gasteiger partial charge in [-0.1, -0.05) is 0 Å². The van der Waals surface area contributed by atoms with E-state index in [0.29, 0.717) is 11.9 Å². The number of hydrogen-bond acceptors (Lipinski definition) is 6. The Labute approximate surface area is 128 Å². The van der Waals surface area contributed by atoms with Gasteiger partial charge in [0.2, 0.25) is 17.2 Å². The summed E-state index contributed by atoms with van der Waals surface area (Å²) in [6.07, 6.45) is 8.77. The van der Waals surface area contributed by atoms with E-state index in [9.17, 15) is 0 Å². The fourth-order valence-corrected chi connectivity index (χ4v) is 2.58. The van der Waals surface area contributed by atoms with Gasteiger partial charge in [-0.05, 0) is 50.5 Å². The molecule has 1 saturated heterocycles. The summed E-state index contributed by atoms with van der Waals surface area (Å²) >= 11 is 5.94. The van der Waals surface area contributed by atoms with Crippen LogP contribution in [0, 0.1) is 0 Å². The van der Waals surface area contributed by atoms with E-state index < -0.39 is 0 Å². The first-order chi connectivity index (χ1) is 10.3. The van der Waals surface area contributed by atoms with Gasteiger partial charge in [0, 0.05) is 18.9 Å². The van der Waals surface area contributed by atoms with Crippen molar-refractivity contribution in [3.63, 3.8) is 0 Å². The summed E-state index contributed by atoms with van der Waals surface area (Å²) in [6, 6.07) is 0. The molecule has 3 heterocycles. The lowest BCUT2D eigenvalue weighted by Gasteiger charge is -2.14. The molecule has 3 rings (SSSR count). The average Bonchev–Trinajstić information content (AvgIpc) is 3.16. The second-order valence-corrected chi connectivity index (χ2v) is 5.37. The van der Waals surface area contributed by atoms with Crippen molar-refractivity contribution in [2.45, 2.75) is 19.3 Å². The normalized spacial score (nSPS) is 15.5. The summed E-state index contributed by atoms with van der Waals surface area (Å²) in [7, 11) is 0. The Morgan fingerprint density at radius 1 is 1.19 bits per heavy atom. The summed E-state index contributed by atoms with van der Waals surface area (Å²) in [5.41, 5.74) is 0. The van der Waals surface area contributed by atoms with Crippen molar-refractivity contribution in [3.05, 3.63) is 24.0 Å². The predicted molar refractivity (Wildman–Crippen MR) is 80.7 cm³/mol. The summed E-state index contributed by atoms with van der Waals surface area (Å²) in [4.78, 5) is 19.0. The highest BCUT2D eigenvalue weighted by atomic mass is 35.5. The average molecular weight is 308 g/mol. The van der Waals surface area contributed by atoms with Crippen LogP contribution in [0.1, 0.15) is 19.3 Å². The number of imidazole rings is 1. The lowest BCUT2D eigenvalue weighted by molar-refractivity contribution is 0.337. The third-order valence-electron chi connectivity index (χ3n) is 3.46. The number of anilines is 1. The zero-order valence-electron chi connectivity index (χ0n) is 11.7. The molecule has 0 radical (unpaired) electrons. The fraction of sp³-hybridized carbons (Fsp3) is 0.538. The second-order valence-electron chi connectivity index (χ2n) is 5.03. The number of nitrogens with one attached hydrogen (secondary N) is 1. The van der Waals surface area contributed by atoms with Crippen LogP contribution in [-0.4, -0.2) is 55.6 Å². The largest absolute Gasteiger partial charge is 0.354 e. The number of halogens is 1. The van der Waals surface area contributed by atoms with Crippen molar-refractivity contribution in [1.29, 1.82) is 0 Å². The predicted octanol–water partition coefficient (Wildman–Crippen LogP) is 1.61. The van der Waals surface area contributed by atoms with Gasteiger partial charge in [-0.25, -0.2) is 4.98 Å². The Balaban J connectivity index is 1.55. The smallest absolute Gasteiger partial charge is 0.241 e. The molecule has 0 bridgehead atoms. The van der Waals surface area contributed by atoms with Crippen LogP contribution < -0.4 is 5.32 Å². The fourth-order valence-electron chi connectivity index (χ4n) is 2.42. The molecule has 7 nitrogen and oxygen atoms in total. The van der Waals surface area contributed by atoms with E-state index in [2.05, 4.69) is 30.2 Å². The molecule has 0 saturated carbocycles. The summed E-state index contributed by atoms with van der Waals surface area (Å²) in [6.45, 7) is 4.38. The van der Waals surface area contributed by atoms with Gasteiger partial charge >= 0.3 is 0 Å². The molecule has 21 heavy (non-hydrogen) atoms. The van der Waals surface area contributed by atoms with Gasteiger partial charge in [-0.3, -0.25) is 4.57 Å². The molecule has 0 aromatic carbocycles. The summed E-state index contributed by atoms with van der Waals surface area (Å²) in [5, 5.41) is 3.38. The second kappa shape index (κ2) is 6.82.